The minimum Gasteiger partial charge on any atom is -0.480 e. The zero-order chi connectivity index (χ0) is 12.2. The topological polar surface area (TPSA) is 49.3 Å². The number of carbonyl (C=O) groups is 1. The molecule has 0 saturated carbocycles. The number of aryl methyl sites for hydroxylation is 1. The Balaban J connectivity index is 2.71. The van der Waals surface area contributed by atoms with Crippen molar-refractivity contribution >= 4 is 17.7 Å². The van der Waals surface area contributed by atoms with Crippen LogP contribution in [0.15, 0.2) is 29.2 Å². The van der Waals surface area contributed by atoms with Gasteiger partial charge in [-0.05, 0) is 32.5 Å². The quantitative estimate of drug-likeness (QED) is 0.773. The maximum Gasteiger partial charge on any atom is 0.324 e. The summed E-state index contributed by atoms with van der Waals surface area (Å²) in [6.45, 7) is 3.72. The normalized spacial score (nSPS) is 14.4. The van der Waals surface area contributed by atoms with E-state index in [0.717, 1.165) is 4.90 Å². The van der Waals surface area contributed by atoms with Crippen molar-refractivity contribution in [3.05, 3.63) is 29.8 Å². The number of nitrogens with one attached hydrogen (secondary N) is 1. The van der Waals surface area contributed by atoms with Gasteiger partial charge in [0, 0.05) is 10.6 Å². The number of carboxylic acids is 1. The first kappa shape index (κ1) is 13.1. The standard InChI is InChI=1S/C12H17NO2S/c1-9-6-4-5-7-10(9)16-8-12(2,13-3)11(14)15/h4-7,13H,8H2,1-3H3,(H,14,15). The molecule has 3 nitrogen and oxygen atoms in total. The molecule has 4 heteroatoms. The fraction of sp³-hybridized carbons (Fsp3) is 0.417. The van der Waals surface area contributed by atoms with Crippen molar-refractivity contribution in [1.82, 2.24) is 5.32 Å². The Morgan fingerprint density at radius 1 is 1.50 bits per heavy atom. The number of benzene rings is 1. The van der Waals surface area contributed by atoms with Crippen LogP contribution in [0.3, 0.4) is 0 Å². The number of carboxylic acid groups (broad SMARTS) is 1. The summed E-state index contributed by atoms with van der Waals surface area (Å²) in [6, 6.07) is 7.98. The monoisotopic (exact) mass is 239 g/mol. The molecule has 2 N–H and O–H groups in total. The van der Waals surface area contributed by atoms with E-state index in [9.17, 15) is 4.79 Å². The molecule has 1 unspecified atom stereocenters. The number of thioether (sulfide) groups is 1. The first-order chi connectivity index (χ1) is 7.49. The summed E-state index contributed by atoms with van der Waals surface area (Å²) in [5.41, 5.74) is 0.295. The van der Waals surface area contributed by atoms with Crippen molar-refractivity contribution in [2.45, 2.75) is 24.3 Å². The number of aliphatic carboxylic acids is 1. The fourth-order valence-electron chi connectivity index (χ4n) is 1.18. The summed E-state index contributed by atoms with van der Waals surface area (Å²) in [5.74, 6) is -0.319. The van der Waals surface area contributed by atoms with Gasteiger partial charge in [0.2, 0.25) is 0 Å². The number of likely N-dealkylation sites (N-methyl/N-ethyl adjacent to an activating group) is 1. The third-order valence-electron chi connectivity index (χ3n) is 2.63. The molecule has 0 bridgehead atoms. The first-order valence-corrected chi connectivity index (χ1v) is 6.09. The van der Waals surface area contributed by atoms with Crippen molar-refractivity contribution < 1.29 is 9.90 Å². The largest absolute Gasteiger partial charge is 0.480 e. The van der Waals surface area contributed by atoms with Gasteiger partial charge in [-0.15, -0.1) is 11.8 Å². The fourth-order valence-corrected chi connectivity index (χ4v) is 2.36. The van der Waals surface area contributed by atoms with E-state index in [0.29, 0.717) is 5.75 Å². The smallest absolute Gasteiger partial charge is 0.324 e. The highest BCUT2D eigenvalue weighted by Crippen LogP contribution is 2.25. The molecule has 88 valence electrons. The number of hydrogen-bond acceptors (Lipinski definition) is 3. The lowest BCUT2D eigenvalue weighted by Crippen LogP contribution is -2.49. The van der Waals surface area contributed by atoms with E-state index in [1.807, 2.05) is 31.2 Å². The maximum atomic E-state index is 11.1. The molecule has 16 heavy (non-hydrogen) atoms. The molecule has 1 rings (SSSR count). The van der Waals surface area contributed by atoms with Crippen LogP contribution in [0.25, 0.3) is 0 Å². The van der Waals surface area contributed by atoms with Crippen LogP contribution in [0.4, 0.5) is 0 Å². The molecule has 0 aliphatic heterocycles. The highest BCUT2D eigenvalue weighted by Gasteiger charge is 2.31. The maximum absolute atomic E-state index is 11.1. The van der Waals surface area contributed by atoms with Gasteiger partial charge in [-0.3, -0.25) is 4.79 Å². The minimum atomic E-state index is -0.882. The van der Waals surface area contributed by atoms with E-state index in [1.165, 1.54) is 5.56 Å². The van der Waals surface area contributed by atoms with E-state index >= 15 is 0 Å². The second kappa shape index (κ2) is 5.37. The zero-order valence-electron chi connectivity index (χ0n) is 9.78. The predicted molar refractivity (Wildman–Crippen MR) is 67.0 cm³/mol. The Morgan fingerprint density at radius 2 is 2.12 bits per heavy atom. The van der Waals surface area contributed by atoms with Gasteiger partial charge in [0.05, 0.1) is 0 Å². The molecule has 1 atom stereocenters. The van der Waals surface area contributed by atoms with Crippen molar-refractivity contribution in [3.8, 4) is 0 Å². The molecule has 1 aromatic rings. The van der Waals surface area contributed by atoms with Gasteiger partial charge < -0.3 is 10.4 Å². The minimum absolute atomic E-state index is 0.504. The lowest BCUT2D eigenvalue weighted by molar-refractivity contribution is -0.142. The van der Waals surface area contributed by atoms with Gasteiger partial charge in [-0.2, -0.15) is 0 Å². The molecule has 0 fully saturated rings. The molecule has 0 heterocycles. The molecule has 0 aliphatic carbocycles. The van der Waals surface area contributed by atoms with E-state index in [4.69, 9.17) is 5.11 Å². The van der Waals surface area contributed by atoms with Crippen molar-refractivity contribution in [1.29, 1.82) is 0 Å². The number of rotatable bonds is 5. The average Bonchev–Trinajstić information content (AvgIpc) is 2.27. The first-order valence-electron chi connectivity index (χ1n) is 5.10. The predicted octanol–water partition coefficient (Wildman–Crippen LogP) is 2.15. The van der Waals surface area contributed by atoms with Crippen LogP contribution in [0.5, 0.6) is 0 Å². The molecule has 0 spiro atoms. The van der Waals surface area contributed by atoms with Crippen molar-refractivity contribution in [3.63, 3.8) is 0 Å². The zero-order valence-corrected chi connectivity index (χ0v) is 10.6. The third kappa shape index (κ3) is 3.00. The lowest BCUT2D eigenvalue weighted by atomic mass is 10.1. The Hall–Kier alpha value is -1.00. The van der Waals surface area contributed by atoms with Crippen LogP contribution < -0.4 is 5.32 Å². The van der Waals surface area contributed by atoms with E-state index < -0.39 is 11.5 Å². The van der Waals surface area contributed by atoms with Gasteiger partial charge >= 0.3 is 5.97 Å². The summed E-state index contributed by atoms with van der Waals surface area (Å²) in [6.07, 6.45) is 0. The van der Waals surface area contributed by atoms with Gasteiger partial charge in [-0.1, -0.05) is 18.2 Å². The Bertz CT molecular complexity index is 381. The lowest BCUT2D eigenvalue weighted by Gasteiger charge is -2.23. The second-order valence-corrected chi connectivity index (χ2v) is 4.96. The molecule has 0 radical (unpaired) electrons. The second-order valence-electron chi connectivity index (χ2n) is 3.94. The Morgan fingerprint density at radius 3 is 2.62 bits per heavy atom. The van der Waals surface area contributed by atoms with E-state index in [2.05, 4.69) is 5.32 Å². The van der Waals surface area contributed by atoms with Gasteiger partial charge in [0.15, 0.2) is 0 Å². The summed E-state index contributed by atoms with van der Waals surface area (Å²) >= 11 is 1.56. The molecule has 0 amide bonds. The van der Waals surface area contributed by atoms with Gasteiger partial charge in [-0.25, -0.2) is 0 Å². The summed E-state index contributed by atoms with van der Waals surface area (Å²) in [4.78, 5) is 12.2. The molecule has 0 aromatic heterocycles. The Labute approximate surface area is 100 Å². The van der Waals surface area contributed by atoms with Crippen LogP contribution in [0.2, 0.25) is 0 Å². The summed E-state index contributed by atoms with van der Waals surface area (Å²) in [5, 5.41) is 12.0. The SMILES string of the molecule is CNC(C)(CSc1ccccc1C)C(=O)O. The molecular formula is C12H17NO2S. The van der Waals surface area contributed by atoms with Crippen LogP contribution in [0, 0.1) is 6.92 Å². The van der Waals surface area contributed by atoms with Crippen molar-refractivity contribution in [2.75, 3.05) is 12.8 Å². The van der Waals surface area contributed by atoms with Crippen LogP contribution in [-0.4, -0.2) is 29.4 Å². The highest BCUT2D eigenvalue weighted by atomic mass is 32.2. The molecule has 0 saturated heterocycles. The average molecular weight is 239 g/mol. The molecule has 1 aromatic carbocycles. The summed E-state index contributed by atoms with van der Waals surface area (Å²) < 4.78 is 0. The van der Waals surface area contributed by atoms with Gasteiger partial charge in [0.1, 0.15) is 5.54 Å². The van der Waals surface area contributed by atoms with Crippen LogP contribution in [0.1, 0.15) is 12.5 Å². The van der Waals surface area contributed by atoms with Crippen LogP contribution >= 0.6 is 11.8 Å². The molecular weight excluding hydrogens is 222 g/mol. The molecule has 0 aliphatic rings. The van der Waals surface area contributed by atoms with E-state index in [1.54, 1.807) is 25.7 Å². The van der Waals surface area contributed by atoms with Crippen LogP contribution in [-0.2, 0) is 4.79 Å². The number of hydrogen-bond donors (Lipinski definition) is 2. The third-order valence-corrected chi connectivity index (χ3v) is 4.12. The van der Waals surface area contributed by atoms with Gasteiger partial charge in [0.25, 0.3) is 0 Å². The summed E-state index contributed by atoms with van der Waals surface area (Å²) in [7, 11) is 1.67. The van der Waals surface area contributed by atoms with Crippen molar-refractivity contribution in [2.24, 2.45) is 0 Å². The van der Waals surface area contributed by atoms with E-state index in [-0.39, 0.29) is 0 Å². The Kier molecular flexibility index (Phi) is 4.38. The highest BCUT2D eigenvalue weighted by molar-refractivity contribution is 7.99.